The van der Waals surface area contributed by atoms with Gasteiger partial charge in [-0.1, -0.05) is 41.9 Å². The molecule has 0 aliphatic carbocycles. The number of aromatic nitrogens is 2. The number of rotatable bonds is 6. The van der Waals surface area contributed by atoms with E-state index in [4.69, 9.17) is 11.6 Å². The van der Waals surface area contributed by atoms with Crippen LogP contribution in [0, 0.1) is 0 Å². The Morgan fingerprint density at radius 1 is 1.06 bits per heavy atom. The Morgan fingerprint density at radius 2 is 1.81 bits per heavy atom. The van der Waals surface area contributed by atoms with Gasteiger partial charge in [-0.3, -0.25) is 9.89 Å². The predicted molar refractivity (Wildman–Crippen MR) is 127 cm³/mol. The van der Waals surface area contributed by atoms with E-state index in [-0.39, 0.29) is 0 Å². The molecule has 1 fully saturated rings. The molecule has 31 heavy (non-hydrogen) atoms. The van der Waals surface area contributed by atoms with Gasteiger partial charge in [-0.15, -0.1) is 0 Å². The number of nitrogens with one attached hydrogen (secondary N) is 2. The van der Waals surface area contributed by atoms with Gasteiger partial charge < -0.3 is 10.6 Å². The van der Waals surface area contributed by atoms with E-state index in [0.717, 1.165) is 54.7 Å². The first-order valence-corrected chi connectivity index (χ1v) is 11.1. The minimum absolute atomic E-state index is 0.440. The maximum atomic E-state index is 5.97. The van der Waals surface area contributed by atoms with Gasteiger partial charge in [-0.2, -0.15) is 5.10 Å². The van der Waals surface area contributed by atoms with Crippen LogP contribution >= 0.6 is 11.6 Å². The lowest BCUT2D eigenvalue weighted by Crippen LogP contribution is -2.48. The third kappa shape index (κ3) is 6.09. The fraction of sp³-hybridized carbons (Fsp3) is 0.333. The highest BCUT2D eigenvalue weighted by Crippen LogP contribution is 2.15. The monoisotopic (exact) mass is 436 g/mol. The average Bonchev–Trinajstić information content (AvgIpc) is 3.28. The number of guanidine groups is 1. The molecule has 1 aromatic heterocycles. The molecule has 2 N–H and O–H groups in total. The Balaban J connectivity index is 1.23. The zero-order valence-electron chi connectivity index (χ0n) is 17.8. The summed E-state index contributed by atoms with van der Waals surface area (Å²) in [5.74, 6) is 0.834. The topological polar surface area (TPSA) is 57.5 Å². The smallest absolute Gasteiger partial charge is 0.191 e. The zero-order chi connectivity index (χ0) is 21.5. The molecule has 1 aliphatic heterocycles. The zero-order valence-corrected chi connectivity index (χ0v) is 18.6. The fourth-order valence-electron chi connectivity index (χ4n) is 3.84. The molecule has 0 radical (unpaired) electrons. The molecule has 4 rings (SSSR count). The molecular formula is C24H29ClN6. The van der Waals surface area contributed by atoms with Gasteiger partial charge in [0.15, 0.2) is 5.96 Å². The molecule has 0 atom stereocenters. The number of likely N-dealkylation sites (tertiary alicyclic amines) is 1. The van der Waals surface area contributed by atoms with Crippen molar-refractivity contribution in [3.8, 4) is 5.69 Å². The molecule has 0 amide bonds. The van der Waals surface area contributed by atoms with Crippen LogP contribution in [0.5, 0.6) is 0 Å². The summed E-state index contributed by atoms with van der Waals surface area (Å²) in [6.07, 6.45) is 6.12. The predicted octanol–water partition coefficient (Wildman–Crippen LogP) is 3.86. The van der Waals surface area contributed by atoms with Gasteiger partial charge in [-0.05, 0) is 42.7 Å². The number of halogens is 1. The van der Waals surface area contributed by atoms with E-state index in [0.29, 0.717) is 12.6 Å². The van der Waals surface area contributed by atoms with Gasteiger partial charge in [0.2, 0.25) is 0 Å². The summed E-state index contributed by atoms with van der Waals surface area (Å²) in [7, 11) is 1.82. The van der Waals surface area contributed by atoms with E-state index in [1.165, 1.54) is 5.56 Å². The lowest BCUT2D eigenvalue weighted by molar-refractivity contribution is 0.198. The molecule has 0 saturated carbocycles. The largest absolute Gasteiger partial charge is 0.354 e. The first-order valence-electron chi connectivity index (χ1n) is 10.7. The van der Waals surface area contributed by atoms with Crippen LogP contribution in [-0.4, -0.2) is 46.8 Å². The second-order valence-electron chi connectivity index (χ2n) is 7.88. The number of aliphatic imine (C=N–C) groups is 1. The number of piperidine rings is 1. The third-order valence-corrected chi connectivity index (χ3v) is 5.84. The van der Waals surface area contributed by atoms with Gasteiger partial charge in [0.25, 0.3) is 0 Å². The van der Waals surface area contributed by atoms with E-state index >= 15 is 0 Å². The van der Waals surface area contributed by atoms with E-state index in [1.54, 1.807) is 0 Å². The van der Waals surface area contributed by atoms with Crippen molar-refractivity contribution in [3.05, 3.63) is 83.1 Å². The van der Waals surface area contributed by atoms with Crippen LogP contribution in [0.2, 0.25) is 5.02 Å². The summed E-state index contributed by atoms with van der Waals surface area (Å²) in [5, 5.41) is 12.2. The van der Waals surface area contributed by atoms with E-state index in [9.17, 15) is 0 Å². The molecule has 162 valence electrons. The minimum atomic E-state index is 0.440. The van der Waals surface area contributed by atoms with Crippen molar-refractivity contribution in [2.45, 2.75) is 32.0 Å². The van der Waals surface area contributed by atoms with Crippen molar-refractivity contribution >= 4 is 17.6 Å². The summed E-state index contributed by atoms with van der Waals surface area (Å²) in [6, 6.07) is 18.8. The van der Waals surface area contributed by atoms with Crippen molar-refractivity contribution in [1.82, 2.24) is 25.3 Å². The molecule has 0 unspecified atom stereocenters. The first kappa shape index (κ1) is 21.4. The van der Waals surface area contributed by atoms with Crippen molar-refractivity contribution in [2.24, 2.45) is 4.99 Å². The second-order valence-corrected chi connectivity index (χ2v) is 8.31. The Hall–Kier alpha value is -2.83. The number of nitrogens with zero attached hydrogens (tertiary/aromatic N) is 4. The van der Waals surface area contributed by atoms with Crippen molar-refractivity contribution in [3.63, 3.8) is 0 Å². The Labute approximate surface area is 188 Å². The Bertz CT molecular complexity index is 975. The van der Waals surface area contributed by atoms with Crippen LogP contribution in [0.3, 0.4) is 0 Å². The minimum Gasteiger partial charge on any atom is -0.354 e. The van der Waals surface area contributed by atoms with Crippen LogP contribution in [0.15, 0.2) is 72.0 Å². The van der Waals surface area contributed by atoms with Crippen molar-refractivity contribution in [1.29, 1.82) is 0 Å². The number of benzene rings is 2. The molecular weight excluding hydrogens is 408 g/mol. The van der Waals surface area contributed by atoms with Crippen LogP contribution in [0.25, 0.3) is 5.69 Å². The average molecular weight is 437 g/mol. The van der Waals surface area contributed by atoms with Crippen molar-refractivity contribution in [2.75, 3.05) is 20.1 Å². The number of hydrogen-bond donors (Lipinski definition) is 2. The van der Waals surface area contributed by atoms with Gasteiger partial charge in [0.1, 0.15) is 0 Å². The first-order chi connectivity index (χ1) is 15.2. The molecule has 1 saturated heterocycles. The molecule has 0 bridgehead atoms. The maximum absolute atomic E-state index is 5.97. The highest BCUT2D eigenvalue weighted by atomic mass is 35.5. The fourth-order valence-corrected chi connectivity index (χ4v) is 3.96. The highest BCUT2D eigenvalue weighted by molar-refractivity contribution is 6.30. The second kappa shape index (κ2) is 10.5. The van der Waals surface area contributed by atoms with Crippen LogP contribution < -0.4 is 10.6 Å². The number of hydrogen-bond acceptors (Lipinski definition) is 3. The van der Waals surface area contributed by atoms with Crippen LogP contribution in [0.4, 0.5) is 0 Å². The van der Waals surface area contributed by atoms with E-state index in [2.05, 4.69) is 56.0 Å². The molecule has 1 aliphatic rings. The van der Waals surface area contributed by atoms with Crippen molar-refractivity contribution < 1.29 is 0 Å². The molecule has 0 spiro atoms. The maximum Gasteiger partial charge on any atom is 0.191 e. The summed E-state index contributed by atoms with van der Waals surface area (Å²) < 4.78 is 1.85. The summed E-state index contributed by atoms with van der Waals surface area (Å²) >= 11 is 5.97. The van der Waals surface area contributed by atoms with Crippen LogP contribution in [-0.2, 0) is 13.1 Å². The normalized spacial score (nSPS) is 15.7. The van der Waals surface area contributed by atoms with E-state index in [1.807, 2.05) is 48.4 Å². The molecule has 2 aromatic carbocycles. The van der Waals surface area contributed by atoms with Gasteiger partial charge in [0, 0.05) is 56.1 Å². The molecule has 2 heterocycles. The lowest BCUT2D eigenvalue weighted by Gasteiger charge is -2.33. The lowest BCUT2D eigenvalue weighted by atomic mass is 10.0. The Kier molecular flexibility index (Phi) is 7.22. The van der Waals surface area contributed by atoms with Crippen LogP contribution in [0.1, 0.15) is 24.0 Å². The Morgan fingerprint density at radius 3 is 2.52 bits per heavy atom. The van der Waals surface area contributed by atoms with Gasteiger partial charge in [-0.25, -0.2) is 4.68 Å². The standard InChI is InChI=1S/C24H29ClN6/c1-26-24(27-15-20-16-28-31(18-20)23-9-7-21(25)8-10-23)29-22-11-13-30(14-12-22)17-19-5-3-2-4-6-19/h2-10,16,18,22H,11-15,17H2,1H3,(H2,26,27,29). The van der Waals surface area contributed by atoms with Gasteiger partial charge >= 0.3 is 0 Å². The summed E-state index contributed by atoms with van der Waals surface area (Å²) in [6.45, 7) is 3.88. The highest BCUT2D eigenvalue weighted by Gasteiger charge is 2.20. The quantitative estimate of drug-likeness (QED) is 0.455. The van der Waals surface area contributed by atoms with E-state index < -0.39 is 0 Å². The summed E-state index contributed by atoms with van der Waals surface area (Å²) in [5.41, 5.74) is 3.46. The SMILES string of the molecule is CN=C(NCc1cnn(-c2ccc(Cl)cc2)c1)NC1CCN(Cc2ccccc2)CC1. The molecule has 3 aromatic rings. The van der Waals surface area contributed by atoms with Gasteiger partial charge in [0.05, 0.1) is 11.9 Å². The third-order valence-electron chi connectivity index (χ3n) is 5.59. The molecule has 7 heteroatoms. The summed E-state index contributed by atoms with van der Waals surface area (Å²) in [4.78, 5) is 6.92. The molecule has 6 nitrogen and oxygen atoms in total.